The zero-order chi connectivity index (χ0) is 22.8. The van der Waals surface area contributed by atoms with Crippen molar-refractivity contribution in [3.63, 3.8) is 0 Å². The van der Waals surface area contributed by atoms with Crippen molar-refractivity contribution in [1.29, 1.82) is 0 Å². The van der Waals surface area contributed by atoms with Gasteiger partial charge in [-0.15, -0.1) is 0 Å². The fraction of sp³-hybridized carbons (Fsp3) is 0.321. The number of hydrogen-bond donors (Lipinski definition) is 1. The third kappa shape index (κ3) is 4.03. The molecule has 5 nitrogen and oxygen atoms in total. The Balaban J connectivity index is 1.39. The highest BCUT2D eigenvalue weighted by Crippen LogP contribution is 2.41. The van der Waals surface area contributed by atoms with Crippen LogP contribution in [0.1, 0.15) is 22.8 Å². The Morgan fingerprint density at radius 1 is 0.879 bits per heavy atom. The number of benzene rings is 3. The predicted octanol–water partition coefficient (Wildman–Crippen LogP) is 4.55. The van der Waals surface area contributed by atoms with Crippen LogP contribution in [0.15, 0.2) is 78.9 Å². The number of carbonyl (C=O) groups excluding carboxylic acids is 1. The largest absolute Gasteiger partial charge is 0.369 e. The Kier molecular flexibility index (Phi) is 5.92. The predicted molar refractivity (Wildman–Crippen MR) is 136 cm³/mol. The molecule has 2 atom stereocenters. The van der Waals surface area contributed by atoms with Crippen LogP contribution in [0.25, 0.3) is 0 Å². The van der Waals surface area contributed by atoms with Crippen molar-refractivity contribution < 1.29 is 4.79 Å². The fourth-order valence-electron chi connectivity index (χ4n) is 5.42. The average Bonchev–Trinajstić information content (AvgIpc) is 2.86. The second-order valence-corrected chi connectivity index (χ2v) is 9.36. The van der Waals surface area contributed by atoms with E-state index < -0.39 is 0 Å². The molecule has 1 N–H and O–H groups in total. The van der Waals surface area contributed by atoms with Crippen LogP contribution in [-0.2, 0) is 0 Å². The lowest BCUT2D eigenvalue weighted by molar-refractivity contribution is 0.0893. The molecule has 2 aliphatic rings. The summed E-state index contributed by atoms with van der Waals surface area (Å²) in [5, 5.41) is 3.19. The molecule has 170 valence electrons. The molecular formula is C28H33N4O+. The van der Waals surface area contributed by atoms with E-state index in [1.165, 1.54) is 16.9 Å². The van der Waals surface area contributed by atoms with Crippen molar-refractivity contribution in [2.75, 3.05) is 44.3 Å². The Labute approximate surface area is 196 Å². The molecule has 1 amide bonds. The number of carbonyl (C=O) groups is 1. The second kappa shape index (κ2) is 9.00. The first-order valence-electron chi connectivity index (χ1n) is 11.9. The van der Waals surface area contributed by atoms with Crippen molar-refractivity contribution in [3.8, 4) is 0 Å². The number of rotatable bonds is 5. The Bertz CT molecular complexity index is 1110. The molecule has 0 aliphatic carbocycles. The highest BCUT2D eigenvalue weighted by atomic mass is 16.2. The number of amides is 1. The number of aryl methyl sites for hydroxylation is 1. The number of piperazine rings is 1. The molecule has 0 radical (unpaired) electrons. The minimum absolute atomic E-state index is 0.0224. The molecule has 1 fully saturated rings. The van der Waals surface area contributed by atoms with E-state index in [0.717, 1.165) is 44.0 Å². The number of anilines is 1. The summed E-state index contributed by atoms with van der Waals surface area (Å²) in [7, 11) is 0. The monoisotopic (exact) mass is 441 g/mol. The number of para-hydroxylation sites is 2. The smallest absolute Gasteiger partial charge is 0.261 e. The van der Waals surface area contributed by atoms with Crippen LogP contribution in [-0.4, -0.2) is 56.2 Å². The maximum atomic E-state index is 12.7. The summed E-state index contributed by atoms with van der Waals surface area (Å²) in [6.07, 6.45) is 0. The van der Waals surface area contributed by atoms with Crippen molar-refractivity contribution in [3.05, 3.63) is 90.0 Å². The van der Waals surface area contributed by atoms with Crippen LogP contribution in [0.3, 0.4) is 0 Å². The molecule has 0 saturated carbocycles. The Morgan fingerprint density at radius 3 is 2.27 bits per heavy atom. The minimum atomic E-state index is 0.0224. The number of nitrogens with zero attached hydrogens (tertiary/aromatic N) is 3. The molecule has 33 heavy (non-hydrogen) atoms. The van der Waals surface area contributed by atoms with Crippen LogP contribution < -0.4 is 14.7 Å². The minimum Gasteiger partial charge on any atom is -0.369 e. The Morgan fingerprint density at radius 2 is 1.55 bits per heavy atom. The first-order valence-corrected chi connectivity index (χ1v) is 11.9. The van der Waals surface area contributed by atoms with E-state index in [-0.39, 0.29) is 11.9 Å². The normalized spacial score (nSPS) is 21.9. The summed E-state index contributed by atoms with van der Waals surface area (Å²) in [5.41, 5.74) is 5.71. The van der Waals surface area contributed by atoms with Gasteiger partial charge in [-0.05, 0) is 44.2 Å². The molecule has 0 aromatic heterocycles. The third-order valence-electron chi connectivity index (χ3n) is 7.33. The second-order valence-electron chi connectivity index (χ2n) is 9.36. The SMILES string of the molecule is Cc1ccc(N2CCN(CC(C)[N+]3(c4ccccc4)CNC(=O)c4ccccc43)CC2)cc1. The highest BCUT2D eigenvalue weighted by Gasteiger charge is 2.45. The summed E-state index contributed by atoms with van der Waals surface area (Å²) < 4.78 is 0.640. The van der Waals surface area contributed by atoms with Crippen LogP contribution in [0.2, 0.25) is 0 Å². The van der Waals surface area contributed by atoms with E-state index in [2.05, 4.69) is 95.7 Å². The first-order chi connectivity index (χ1) is 16.1. The van der Waals surface area contributed by atoms with E-state index >= 15 is 0 Å². The maximum Gasteiger partial charge on any atom is 0.261 e. The molecular weight excluding hydrogens is 408 g/mol. The summed E-state index contributed by atoms with van der Waals surface area (Å²) in [4.78, 5) is 17.7. The number of quaternary nitrogens is 1. The van der Waals surface area contributed by atoms with Gasteiger partial charge in [0.2, 0.25) is 0 Å². The van der Waals surface area contributed by atoms with Crippen LogP contribution in [0.5, 0.6) is 0 Å². The summed E-state index contributed by atoms with van der Waals surface area (Å²) in [5.74, 6) is 0.0224. The van der Waals surface area contributed by atoms with Crippen LogP contribution in [0, 0.1) is 6.92 Å². The van der Waals surface area contributed by atoms with Gasteiger partial charge in [-0.3, -0.25) is 9.69 Å². The van der Waals surface area contributed by atoms with Gasteiger partial charge in [-0.25, -0.2) is 4.48 Å². The van der Waals surface area contributed by atoms with Crippen molar-refractivity contribution in [2.24, 2.45) is 0 Å². The van der Waals surface area contributed by atoms with Crippen LogP contribution in [0.4, 0.5) is 17.1 Å². The average molecular weight is 442 g/mol. The zero-order valence-electron chi connectivity index (χ0n) is 19.6. The summed E-state index contributed by atoms with van der Waals surface area (Å²) >= 11 is 0. The molecule has 0 spiro atoms. The van der Waals surface area contributed by atoms with Gasteiger partial charge in [0.15, 0.2) is 12.4 Å². The zero-order valence-corrected chi connectivity index (χ0v) is 19.6. The van der Waals surface area contributed by atoms with Gasteiger partial charge in [0, 0.05) is 37.9 Å². The molecule has 2 aliphatic heterocycles. The van der Waals surface area contributed by atoms with Gasteiger partial charge in [0.1, 0.15) is 17.3 Å². The highest BCUT2D eigenvalue weighted by molar-refractivity contribution is 6.01. The van der Waals surface area contributed by atoms with E-state index in [1.54, 1.807) is 0 Å². The third-order valence-corrected chi connectivity index (χ3v) is 7.33. The summed E-state index contributed by atoms with van der Waals surface area (Å²) in [6, 6.07) is 27.9. The lowest BCUT2D eigenvalue weighted by Gasteiger charge is -2.47. The number of nitrogens with one attached hydrogen (secondary N) is 1. The lowest BCUT2D eigenvalue weighted by Crippen LogP contribution is -2.63. The lowest BCUT2D eigenvalue weighted by atomic mass is 10.0. The van der Waals surface area contributed by atoms with Crippen molar-refractivity contribution in [2.45, 2.75) is 19.9 Å². The topological polar surface area (TPSA) is 35.6 Å². The van der Waals surface area contributed by atoms with Gasteiger partial charge < -0.3 is 10.2 Å². The van der Waals surface area contributed by atoms with Gasteiger partial charge in [-0.2, -0.15) is 0 Å². The Hall–Kier alpha value is -3.15. The molecule has 0 bridgehead atoms. The molecule has 5 heteroatoms. The molecule has 2 unspecified atom stereocenters. The molecule has 2 heterocycles. The van der Waals surface area contributed by atoms with Crippen LogP contribution >= 0.6 is 0 Å². The van der Waals surface area contributed by atoms with Crippen molar-refractivity contribution >= 4 is 23.0 Å². The van der Waals surface area contributed by atoms with Gasteiger partial charge in [0.05, 0.1) is 6.54 Å². The first kappa shape index (κ1) is 21.7. The van der Waals surface area contributed by atoms with Crippen molar-refractivity contribution in [1.82, 2.24) is 14.7 Å². The van der Waals surface area contributed by atoms with Gasteiger partial charge in [-0.1, -0.05) is 48.0 Å². The molecule has 3 aromatic carbocycles. The quantitative estimate of drug-likeness (QED) is 0.590. The number of fused-ring (bicyclic) bond motifs is 1. The van der Waals surface area contributed by atoms with E-state index in [9.17, 15) is 4.79 Å². The molecule has 5 rings (SSSR count). The maximum absolute atomic E-state index is 12.7. The number of hydrogen-bond acceptors (Lipinski definition) is 3. The summed E-state index contributed by atoms with van der Waals surface area (Å²) in [6.45, 7) is 10.2. The van der Waals surface area contributed by atoms with E-state index in [0.29, 0.717) is 11.2 Å². The van der Waals surface area contributed by atoms with E-state index in [1.807, 2.05) is 12.1 Å². The standard InChI is InChI=1S/C28H32N4O/c1-22-12-14-24(15-13-22)31-18-16-30(17-19-31)20-23(2)32(25-8-4-3-5-9-25)21-29-28(33)26-10-6-7-11-27(26)32/h3-15,23H,16-21H2,1-2H3/p+1. The molecule has 1 saturated heterocycles. The van der Waals surface area contributed by atoms with Gasteiger partial charge in [0.25, 0.3) is 5.91 Å². The molecule has 3 aromatic rings. The van der Waals surface area contributed by atoms with E-state index in [4.69, 9.17) is 0 Å². The fourth-order valence-corrected chi connectivity index (χ4v) is 5.42. The van der Waals surface area contributed by atoms with Gasteiger partial charge >= 0.3 is 0 Å².